The largest absolute Gasteiger partial charge is 0.493 e. The molecule has 0 bridgehead atoms. The van der Waals surface area contributed by atoms with Crippen molar-refractivity contribution >= 4 is 61.2 Å². The van der Waals surface area contributed by atoms with Crippen LogP contribution in [0.5, 0.6) is 11.5 Å². The fourth-order valence-corrected chi connectivity index (χ4v) is 3.35. The van der Waals surface area contributed by atoms with Crippen molar-refractivity contribution in [1.29, 1.82) is 0 Å². The average Bonchev–Trinajstić information content (AvgIpc) is 2.92. The van der Waals surface area contributed by atoms with Crippen molar-refractivity contribution in [3.05, 3.63) is 56.5 Å². The van der Waals surface area contributed by atoms with Gasteiger partial charge in [-0.15, -0.1) is 0 Å². The van der Waals surface area contributed by atoms with Gasteiger partial charge in [-0.2, -0.15) is 10.1 Å². The van der Waals surface area contributed by atoms with Gasteiger partial charge < -0.3 is 9.47 Å². The Kier molecular flexibility index (Phi) is 6.00. The SMILES string of the molecule is COc1cc(C=C2C(=O)N(c3ccc(Br)cc3)N=C2C)c(Br)cc1OC(C)=O. The fraction of sp³-hybridized carbons (Fsp3) is 0.150. The molecular weight excluding hydrogens is 492 g/mol. The van der Waals surface area contributed by atoms with E-state index in [0.717, 1.165) is 4.47 Å². The number of carbonyl (C=O) groups is 2. The summed E-state index contributed by atoms with van der Waals surface area (Å²) in [7, 11) is 1.48. The Bertz CT molecular complexity index is 1010. The second-order valence-corrected chi connectivity index (χ2v) is 7.73. The molecule has 1 amide bonds. The predicted molar refractivity (Wildman–Crippen MR) is 115 cm³/mol. The monoisotopic (exact) mass is 506 g/mol. The molecule has 0 spiro atoms. The molecule has 3 rings (SSSR count). The zero-order chi connectivity index (χ0) is 20.4. The van der Waals surface area contributed by atoms with Gasteiger partial charge in [-0.3, -0.25) is 9.59 Å². The van der Waals surface area contributed by atoms with Crippen molar-refractivity contribution in [3.8, 4) is 11.5 Å². The van der Waals surface area contributed by atoms with Gasteiger partial charge in [-0.25, -0.2) is 0 Å². The Hall–Kier alpha value is -2.45. The van der Waals surface area contributed by atoms with Crippen LogP contribution < -0.4 is 14.5 Å². The predicted octanol–water partition coefficient (Wildman–Crippen LogP) is 4.95. The van der Waals surface area contributed by atoms with Gasteiger partial charge in [0.2, 0.25) is 0 Å². The van der Waals surface area contributed by atoms with Gasteiger partial charge in [-0.1, -0.05) is 31.9 Å². The quantitative estimate of drug-likeness (QED) is 0.333. The minimum atomic E-state index is -0.449. The van der Waals surface area contributed by atoms with Crippen LogP contribution in [0.15, 0.2) is 56.0 Å². The highest BCUT2D eigenvalue weighted by atomic mass is 79.9. The number of methoxy groups -OCH3 is 1. The number of nitrogens with zero attached hydrogens (tertiary/aromatic N) is 2. The van der Waals surface area contributed by atoms with E-state index >= 15 is 0 Å². The van der Waals surface area contributed by atoms with E-state index in [1.807, 2.05) is 24.3 Å². The van der Waals surface area contributed by atoms with E-state index in [9.17, 15) is 9.59 Å². The molecule has 144 valence electrons. The third-order valence-electron chi connectivity index (χ3n) is 3.97. The first-order chi connectivity index (χ1) is 13.3. The topological polar surface area (TPSA) is 68.2 Å². The van der Waals surface area contributed by atoms with E-state index in [2.05, 4.69) is 37.0 Å². The first-order valence-corrected chi connectivity index (χ1v) is 9.82. The lowest BCUT2D eigenvalue weighted by molar-refractivity contribution is -0.132. The van der Waals surface area contributed by atoms with E-state index in [0.29, 0.717) is 38.5 Å². The second-order valence-electron chi connectivity index (χ2n) is 5.96. The Balaban J connectivity index is 1.97. The number of rotatable bonds is 4. The molecule has 1 heterocycles. The Morgan fingerprint density at radius 2 is 1.82 bits per heavy atom. The maximum atomic E-state index is 12.9. The van der Waals surface area contributed by atoms with Crippen LogP contribution in [-0.4, -0.2) is 24.7 Å². The molecule has 2 aromatic carbocycles. The van der Waals surface area contributed by atoms with Crippen molar-refractivity contribution in [3.63, 3.8) is 0 Å². The highest BCUT2D eigenvalue weighted by Crippen LogP contribution is 2.35. The van der Waals surface area contributed by atoms with Crippen molar-refractivity contribution < 1.29 is 19.1 Å². The molecule has 6 nitrogen and oxygen atoms in total. The molecule has 1 aliphatic rings. The molecule has 8 heteroatoms. The highest BCUT2D eigenvalue weighted by Gasteiger charge is 2.29. The maximum absolute atomic E-state index is 12.9. The second kappa shape index (κ2) is 8.28. The number of amides is 1. The standard InChI is InChI=1S/C20H16Br2N2O4/c1-11-16(20(26)24(23-11)15-6-4-14(21)5-7-15)8-13-9-18(27-3)19(10-17(13)22)28-12(2)25/h4-10H,1-3H3. The zero-order valence-corrected chi connectivity index (χ0v) is 18.5. The van der Waals surface area contributed by atoms with Crippen LogP contribution in [0.25, 0.3) is 6.08 Å². The molecule has 0 fully saturated rings. The molecule has 0 aromatic heterocycles. The lowest BCUT2D eigenvalue weighted by atomic mass is 10.1. The number of halogens is 2. The summed E-state index contributed by atoms with van der Waals surface area (Å²) >= 11 is 6.83. The molecular formula is C20H16Br2N2O4. The van der Waals surface area contributed by atoms with Gasteiger partial charge in [0.1, 0.15) is 0 Å². The fourth-order valence-electron chi connectivity index (χ4n) is 2.65. The molecule has 1 aliphatic heterocycles. The van der Waals surface area contributed by atoms with Crippen LogP contribution in [-0.2, 0) is 9.59 Å². The van der Waals surface area contributed by atoms with Crippen LogP contribution >= 0.6 is 31.9 Å². The summed E-state index contributed by atoms with van der Waals surface area (Å²) in [6, 6.07) is 10.7. The molecule has 0 saturated carbocycles. The zero-order valence-electron chi connectivity index (χ0n) is 15.3. The first-order valence-electron chi connectivity index (χ1n) is 8.23. The van der Waals surface area contributed by atoms with Gasteiger partial charge in [0, 0.05) is 15.9 Å². The van der Waals surface area contributed by atoms with Crippen LogP contribution in [0.1, 0.15) is 19.4 Å². The summed E-state index contributed by atoms with van der Waals surface area (Å²) in [6.45, 7) is 3.10. The van der Waals surface area contributed by atoms with Crippen LogP contribution in [0.2, 0.25) is 0 Å². The maximum Gasteiger partial charge on any atom is 0.308 e. The molecule has 28 heavy (non-hydrogen) atoms. The van der Waals surface area contributed by atoms with E-state index < -0.39 is 5.97 Å². The number of hydrogen-bond acceptors (Lipinski definition) is 5. The summed E-state index contributed by atoms with van der Waals surface area (Å²) in [4.78, 5) is 24.2. The highest BCUT2D eigenvalue weighted by molar-refractivity contribution is 9.10. The minimum absolute atomic E-state index is 0.227. The molecule has 0 N–H and O–H groups in total. The smallest absolute Gasteiger partial charge is 0.308 e. The lowest BCUT2D eigenvalue weighted by Gasteiger charge is -2.12. The normalized spacial score (nSPS) is 15.0. The van der Waals surface area contributed by atoms with Gasteiger partial charge in [-0.05, 0) is 55.0 Å². The van der Waals surface area contributed by atoms with Crippen molar-refractivity contribution in [2.24, 2.45) is 5.10 Å². The third-order valence-corrected chi connectivity index (χ3v) is 5.19. The molecule has 0 saturated heterocycles. The van der Waals surface area contributed by atoms with Crippen molar-refractivity contribution in [2.45, 2.75) is 13.8 Å². The summed E-state index contributed by atoms with van der Waals surface area (Å²) < 4.78 is 12.0. The van der Waals surface area contributed by atoms with Gasteiger partial charge in [0.15, 0.2) is 11.5 Å². The molecule has 2 aromatic rings. The number of hydrazone groups is 1. The Labute approximate surface area is 179 Å². The number of ether oxygens (including phenoxy) is 2. The molecule has 0 radical (unpaired) electrons. The van der Waals surface area contributed by atoms with Crippen LogP contribution in [0, 0.1) is 0 Å². The van der Waals surface area contributed by atoms with Gasteiger partial charge in [0.05, 0.1) is 24.1 Å². The first kappa shape index (κ1) is 20.3. The minimum Gasteiger partial charge on any atom is -0.493 e. The van der Waals surface area contributed by atoms with E-state index in [-0.39, 0.29) is 5.91 Å². The Morgan fingerprint density at radius 3 is 2.43 bits per heavy atom. The number of carbonyl (C=O) groups excluding carboxylic acids is 2. The number of anilines is 1. The molecule has 0 atom stereocenters. The van der Waals surface area contributed by atoms with Crippen molar-refractivity contribution in [1.82, 2.24) is 0 Å². The molecule has 0 unspecified atom stereocenters. The van der Waals surface area contributed by atoms with Crippen LogP contribution in [0.4, 0.5) is 5.69 Å². The Morgan fingerprint density at radius 1 is 1.14 bits per heavy atom. The van der Waals surface area contributed by atoms with E-state index in [4.69, 9.17) is 9.47 Å². The third kappa shape index (κ3) is 4.18. The summed E-state index contributed by atoms with van der Waals surface area (Å²) in [5.74, 6) is 0.00356. The average molecular weight is 508 g/mol. The van der Waals surface area contributed by atoms with Gasteiger partial charge in [0.25, 0.3) is 5.91 Å². The number of benzene rings is 2. The lowest BCUT2D eigenvalue weighted by Crippen LogP contribution is -2.21. The summed E-state index contributed by atoms with van der Waals surface area (Å²) in [6.07, 6.45) is 1.73. The summed E-state index contributed by atoms with van der Waals surface area (Å²) in [5.41, 5.74) is 2.44. The summed E-state index contributed by atoms with van der Waals surface area (Å²) in [5, 5.41) is 5.74. The number of esters is 1. The van der Waals surface area contributed by atoms with Crippen LogP contribution in [0.3, 0.4) is 0 Å². The van der Waals surface area contributed by atoms with E-state index in [1.54, 1.807) is 25.1 Å². The van der Waals surface area contributed by atoms with Crippen molar-refractivity contribution in [2.75, 3.05) is 12.1 Å². The molecule has 0 aliphatic carbocycles. The number of hydrogen-bond donors (Lipinski definition) is 0. The van der Waals surface area contributed by atoms with Gasteiger partial charge >= 0.3 is 5.97 Å². The van der Waals surface area contributed by atoms with E-state index in [1.165, 1.54) is 19.0 Å².